The minimum Gasteiger partial charge on any atom is -0.350 e. The molecule has 1 fully saturated rings. The SMILES string of the molecule is O=C(CC1CCCC1)NCc1n[nH]c(=O)c2ccccc12. The summed E-state index contributed by atoms with van der Waals surface area (Å²) in [6, 6.07) is 7.31. The highest BCUT2D eigenvalue weighted by atomic mass is 16.1. The monoisotopic (exact) mass is 285 g/mol. The van der Waals surface area contributed by atoms with Crippen LogP contribution < -0.4 is 10.9 Å². The Morgan fingerprint density at radius 1 is 1.24 bits per heavy atom. The van der Waals surface area contributed by atoms with Crippen LogP contribution >= 0.6 is 0 Å². The molecule has 0 radical (unpaired) electrons. The van der Waals surface area contributed by atoms with Gasteiger partial charge in [-0.2, -0.15) is 5.10 Å². The molecule has 3 rings (SSSR count). The van der Waals surface area contributed by atoms with Gasteiger partial charge in [-0.15, -0.1) is 0 Å². The summed E-state index contributed by atoms with van der Waals surface area (Å²) in [7, 11) is 0. The van der Waals surface area contributed by atoms with Gasteiger partial charge in [-0.05, 0) is 24.8 Å². The van der Waals surface area contributed by atoms with Crippen molar-refractivity contribution in [3.8, 4) is 0 Å². The zero-order valence-electron chi connectivity index (χ0n) is 11.9. The van der Waals surface area contributed by atoms with E-state index in [4.69, 9.17) is 0 Å². The van der Waals surface area contributed by atoms with Crippen molar-refractivity contribution >= 4 is 16.7 Å². The Morgan fingerprint density at radius 2 is 1.95 bits per heavy atom. The Kier molecular flexibility index (Phi) is 3.99. The van der Waals surface area contributed by atoms with Crippen molar-refractivity contribution in [1.82, 2.24) is 15.5 Å². The van der Waals surface area contributed by atoms with E-state index in [0.717, 1.165) is 18.2 Å². The summed E-state index contributed by atoms with van der Waals surface area (Å²) in [6.45, 7) is 0.350. The van der Waals surface area contributed by atoms with Crippen LogP contribution in [0.2, 0.25) is 0 Å². The number of hydrogen-bond donors (Lipinski definition) is 2. The summed E-state index contributed by atoms with van der Waals surface area (Å²) in [5.74, 6) is 0.601. The van der Waals surface area contributed by atoms with Crippen LogP contribution in [0.5, 0.6) is 0 Å². The van der Waals surface area contributed by atoms with Crippen LogP contribution in [0.1, 0.15) is 37.8 Å². The van der Waals surface area contributed by atoms with Gasteiger partial charge in [-0.1, -0.05) is 31.0 Å². The third-order valence-electron chi connectivity index (χ3n) is 4.18. The molecular formula is C16H19N3O2. The van der Waals surface area contributed by atoms with Crippen molar-refractivity contribution in [1.29, 1.82) is 0 Å². The summed E-state index contributed by atoms with van der Waals surface area (Å²) in [6.07, 6.45) is 5.40. The van der Waals surface area contributed by atoms with E-state index in [-0.39, 0.29) is 11.5 Å². The van der Waals surface area contributed by atoms with Gasteiger partial charge in [0.1, 0.15) is 0 Å². The Morgan fingerprint density at radius 3 is 2.71 bits per heavy atom. The van der Waals surface area contributed by atoms with Gasteiger partial charge in [0.05, 0.1) is 17.6 Å². The molecule has 5 nitrogen and oxygen atoms in total. The average Bonchev–Trinajstić information content (AvgIpc) is 3.00. The summed E-state index contributed by atoms with van der Waals surface area (Å²) in [5.41, 5.74) is 0.497. The highest BCUT2D eigenvalue weighted by molar-refractivity contribution is 5.84. The van der Waals surface area contributed by atoms with Crippen molar-refractivity contribution < 1.29 is 4.79 Å². The topological polar surface area (TPSA) is 74.8 Å². The third kappa shape index (κ3) is 3.12. The van der Waals surface area contributed by atoms with E-state index in [1.807, 2.05) is 18.2 Å². The van der Waals surface area contributed by atoms with Crippen LogP contribution in [0.15, 0.2) is 29.1 Å². The number of aromatic nitrogens is 2. The molecule has 1 saturated carbocycles. The number of nitrogens with one attached hydrogen (secondary N) is 2. The van der Waals surface area contributed by atoms with Crippen LogP contribution in [-0.2, 0) is 11.3 Å². The van der Waals surface area contributed by atoms with Gasteiger partial charge in [-0.3, -0.25) is 9.59 Å². The highest BCUT2D eigenvalue weighted by Crippen LogP contribution is 2.27. The lowest BCUT2D eigenvalue weighted by atomic mass is 10.0. The van der Waals surface area contributed by atoms with Gasteiger partial charge in [0.2, 0.25) is 5.91 Å². The molecule has 2 aromatic rings. The Bertz CT molecular complexity index is 702. The molecule has 0 saturated heterocycles. The molecule has 1 amide bonds. The predicted molar refractivity (Wildman–Crippen MR) is 80.8 cm³/mol. The predicted octanol–water partition coefficient (Wildman–Crippen LogP) is 2.12. The molecule has 1 aromatic heterocycles. The van der Waals surface area contributed by atoms with Crippen LogP contribution in [0.3, 0.4) is 0 Å². The molecule has 0 bridgehead atoms. The quantitative estimate of drug-likeness (QED) is 0.903. The molecular weight excluding hydrogens is 266 g/mol. The normalized spacial score (nSPS) is 15.4. The van der Waals surface area contributed by atoms with Crippen molar-refractivity contribution in [3.63, 3.8) is 0 Å². The van der Waals surface area contributed by atoms with Gasteiger partial charge in [0.15, 0.2) is 0 Å². The van der Waals surface area contributed by atoms with E-state index >= 15 is 0 Å². The van der Waals surface area contributed by atoms with E-state index in [2.05, 4.69) is 15.5 Å². The minimum absolute atomic E-state index is 0.0685. The molecule has 1 heterocycles. The van der Waals surface area contributed by atoms with Crippen molar-refractivity contribution in [2.75, 3.05) is 0 Å². The van der Waals surface area contributed by atoms with E-state index < -0.39 is 0 Å². The Hall–Kier alpha value is -2.17. The number of carbonyl (C=O) groups is 1. The first-order valence-electron chi connectivity index (χ1n) is 7.47. The fraction of sp³-hybridized carbons (Fsp3) is 0.438. The number of H-pyrrole nitrogens is 1. The Labute approximate surface area is 122 Å². The van der Waals surface area contributed by atoms with E-state index in [9.17, 15) is 9.59 Å². The number of carbonyl (C=O) groups excluding carboxylic acids is 1. The zero-order valence-corrected chi connectivity index (χ0v) is 11.9. The van der Waals surface area contributed by atoms with Crippen LogP contribution in [0.25, 0.3) is 10.8 Å². The number of hydrogen-bond acceptors (Lipinski definition) is 3. The van der Waals surface area contributed by atoms with Crippen LogP contribution in [0, 0.1) is 5.92 Å². The van der Waals surface area contributed by atoms with Crippen molar-refractivity contribution in [2.24, 2.45) is 5.92 Å². The van der Waals surface area contributed by atoms with E-state index in [0.29, 0.717) is 30.0 Å². The zero-order chi connectivity index (χ0) is 14.7. The molecule has 5 heteroatoms. The first-order chi connectivity index (χ1) is 10.2. The van der Waals surface area contributed by atoms with Gasteiger partial charge in [-0.25, -0.2) is 5.10 Å². The maximum atomic E-state index is 12.0. The lowest BCUT2D eigenvalue weighted by molar-refractivity contribution is -0.122. The number of rotatable bonds is 4. The highest BCUT2D eigenvalue weighted by Gasteiger charge is 2.18. The molecule has 110 valence electrons. The number of benzene rings is 1. The average molecular weight is 285 g/mol. The van der Waals surface area contributed by atoms with E-state index in [1.54, 1.807) is 6.07 Å². The molecule has 0 atom stereocenters. The number of amides is 1. The van der Waals surface area contributed by atoms with Gasteiger partial charge in [0.25, 0.3) is 5.56 Å². The molecule has 0 spiro atoms. The number of fused-ring (bicyclic) bond motifs is 1. The molecule has 0 aliphatic heterocycles. The first kappa shape index (κ1) is 13.8. The standard InChI is InChI=1S/C16H19N3O2/c20-15(9-11-5-1-2-6-11)17-10-14-12-7-3-4-8-13(12)16(21)19-18-14/h3-4,7-8,11H,1-2,5-6,9-10H2,(H,17,20)(H,19,21). The summed E-state index contributed by atoms with van der Waals surface area (Å²) < 4.78 is 0. The summed E-state index contributed by atoms with van der Waals surface area (Å²) >= 11 is 0. The summed E-state index contributed by atoms with van der Waals surface area (Å²) in [4.78, 5) is 23.7. The number of aromatic amines is 1. The Balaban J connectivity index is 1.69. The van der Waals surface area contributed by atoms with E-state index in [1.165, 1.54) is 12.8 Å². The lowest BCUT2D eigenvalue weighted by Gasteiger charge is -2.10. The molecule has 21 heavy (non-hydrogen) atoms. The molecule has 2 N–H and O–H groups in total. The number of nitrogens with zero attached hydrogens (tertiary/aromatic N) is 1. The van der Waals surface area contributed by atoms with Gasteiger partial charge >= 0.3 is 0 Å². The maximum Gasteiger partial charge on any atom is 0.272 e. The fourth-order valence-corrected chi connectivity index (χ4v) is 3.04. The van der Waals surface area contributed by atoms with Crippen molar-refractivity contribution in [2.45, 2.75) is 38.6 Å². The second-order valence-electron chi connectivity index (χ2n) is 5.68. The van der Waals surface area contributed by atoms with Gasteiger partial charge < -0.3 is 5.32 Å². The van der Waals surface area contributed by atoms with Crippen LogP contribution in [-0.4, -0.2) is 16.1 Å². The first-order valence-corrected chi connectivity index (χ1v) is 7.47. The molecule has 1 aliphatic rings. The van der Waals surface area contributed by atoms with Crippen molar-refractivity contribution in [3.05, 3.63) is 40.3 Å². The largest absolute Gasteiger partial charge is 0.350 e. The maximum absolute atomic E-state index is 12.0. The molecule has 1 aliphatic carbocycles. The van der Waals surface area contributed by atoms with Crippen LogP contribution in [0.4, 0.5) is 0 Å². The second-order valence-corrected chi connectivity index (χ2v) is 5.68. The minimum atomic E-state index is -0.202. The lowest BCUT2D eigenvalue weighted by Crippen LogP contribution is -2.26. The molecule has 1 aromatic carbocycles. The third-order valence-corrected chi connectivity index (χ3v) is 4.18. The smallest absolute Gasteiger partial charge is 0.272 e. The van der Waals surface area contributed by atoms with Gasteiger partial charge in [0, 0.05) is 11.8 Å². The fourth-order valence-electron chi connectivity index (χ4n) is 3.04. The molecule has 0 unspecified atom stereocenters. The summed E-state index contributed by atoms with van der Waals surface area (Å²) in [5, 5.41) is 10.9. The second kappa shape index (κ2) is 6.08.